The highest BCUT2D eigenvalue weighted by Crippen LogP contribution is 2.17. The largest absolute Gasteiger partial charge is 0.493 e. The fourth-order valence-corrected chi connectivity index (χ4v) is 1.32. The molecule has 0 unspecified atom stereocenters. The summed E-state index contributed by atoms with van der Waals surface area (Å²) >= 11 is 3.34. The van der Waals surface area contributed by atoms with E-state index in [1.807, 2.05) is 24.3 Å². The Labute approximate surface area is 91.6 Å². The third-order valence-corrected chi connectivity index (χ3v) is 2.17. The lowest BCUT2D eigenvalue weighted by Gasteiger charge is -2.05. The second kappa shape index (κ2) is 5.65. The molecule has 1 aromatic rings. The highest BCUT2D eigenvalue weighted by atomic mass is 79.9. The van der Waals surface area contributed by atoms with Gasteiger partial charge in [0, 0.05) is 11.5 Å². The molecule has 14 heavy (non-hydrogen) atoms. The van der Waals surface area contributed by atoms with E-state index in [4.69, 9.17) is 4.74 Å². The van der Waals surface area contributed by atoms with Crippen molar-refractivity contribution in [3.63, 3.8) is 0 Å². The van der Waals surface area contributed by atoms with Gasteiger partial charge in [-0.25, -0.2) is 0 Å². The zero-order chi connectivity index (χ0) is 10.4. The van der Waals surface area contributed by atoms with Crippen LogP contribution in [-0.4, -0.2) is 19.6 Å². The number of carbonyl (C=O) groups excluding carboxylic acids is 1. The molecule has 4 heteroatoms. The van der Waals surface area contributed by atoms with Crippen LogP contribution in [0.3, 0.4) is 0 Å². The molecule has 0 aliphatic carbocycles. The Morgan fingerprint density at radius 1 is 1.57 bits per heavy atom. The summed E-state index contributed by atoms with van der Waals surface area (Å²) in [7, 11) is 1.61. The highest BCUT2D eigenvalue weighted by molar-refractivity contribution is 9.10. The van der Waals surface area contributed by atoms with Crippen molar-refractivity contribution >= 4 is 21.8 Å². The number of hydrogen-bond donors (Lipinski definition) is 1. The zero-order valence-electron chi connectivity index (χ0n) is 7.92. The molecule has 76 valence electrons. The van der Waals surface area contributed by atoms with Crippen LogP contribution in [0.2, 0.25) is 0 Å². The molecule has 1 aromatic carbocycles. The van der Waals surface area contributed by atoms with Crippen molar-refractivity contribution < 1.29 is 9.53 Å². The van der Waals surface area contributed by atoms with Gasteiger partial charge in [-0.3, -0.25) is 4.79 Å². The Balaban J connectivity index is 2.35. The van der Waals surface area contributed by atoms with Crippen molar-refractivity contribution in [3.8, 4) is 5.75 Å². The van der Waals surface area contributed by atoms with E-state index in [0.29, 0.717) is 13.0 Å². The molecule has 0 heterocycles. The molecule has 0 spiro atoms. The number of benzene rings is 1. The lowest BCUT2D eigenvalue weighted by Crippen LogP contribution is -2.20. The summed E-state index contributed by atoms with van der Waals surface area (Å²) in [6, 6.07) is 7.53. The molecular weight excluding hydrogens is 246 g/mol. The molecule has 1 amide bonds. The van der Waals surface area contributed by atoms with E-state index in [2.05, 4.69) is 21.2 Å². The van der Waals surface area contributed by atoms with Gasteiger partial charge in [0.1, 0.15) is 5.75 Å². The topological polar surface area (TPSA) is 38.3 Å². The van der Waals surface area contributed by atoms with Crippen molar-refractivity contribution in [2.24, 2.45) is 0 Å². The van der Waals surface area contributed by atoms with Gasteiger partial charge in [0.05, 0.1) is 13.0 Å². The van der Waals surface area contributed by atoms with Crippen LogP contribution < -0.4 is 10.1 Å². The first-order valence-corrected chi connectivity index (χ1v) is 5.10. The smallest absolute Gasteiger partial charge is 0.223 e. The molecule has 0 aromatic heterocycles. The zero-order valence-corrected chi connectivity index (χ0v) is 9.50. The van der Waals surface area contributed by atoms with Gasteiger partial charge in [-0.15, -0.1) is 0 Å². The molecule has 0 saturated heterocycles. The first-order valence-electron chi connectivity index (χ1n) is 4.31. The van der Waals surface area contributed by atoms with Crippen LogP contribution in [0.4, 0.5) is 0 Å². The number of ether oxygens (including phenoxy) is 1. The maximum absolute atomic E-state index is 10.9. The van der Waals surface area contributed by atoms with Gasteiger partial charge >= 0.3 is 0 Å². The predicted octanol–water partition coefficient (Wildman–Crippen LogP) is 1.96. The maximum Gasteiger partial charge on any atom is 0.223 e. The molecule has 1 rings (SSSR count). The number of carbonyl (C=O) groups is 1. The van der Waals surface area contributed by atoms with Crippen LogP contribution >= 0.6 is 15.9 Å². The van der Waals surface area contributed by atoms with Crippen LogP contribution in [0.15, 0.2) is 28.7 Å². The molecule has 1 N–H and O–H groups in total. The highest BCUT2D eigenvalue weighted by Gasteiger charge is 1.98. The summed E-state index contributed by atoms with van der Waals surface area (Å²) in [5, 5.41) is 2.53. The second-order valence-corrected chi connectivity index (χ2v) is 3.64. The minimum atomic E-state index is -0.0139. The summed E-state index contributed by atoms with van der Waals surface area (Å²) in [5.74, 6) is 0.753. The average molecular weight is 258 g/mol. The number of nitrogens with one attached hydrogen (secondary N) is 1. The Morgan fingerprint density at radius 3 is 3.00 bits per heavy atom. The lowest BCUT2D eigenvalue weighted by molar-refractivity contribution is -0.121. The minimum absolute atomic E-state index is 0.0139. The van der Waals surface area contributed by atoms with Gasteiger partial charge in [-0.2, -0.15) is 0 Å². The van der Waals surface area contributed by atoms with Crippen molar-refractivity contribution in [3.05, 3.63) is 28.7 Å². The second-order valence-electron chi connectivity index (χ2n) is 2.73. The van der Waals surface area contributed by atoms with Gasteiger partial charge in [0.25, 0.3) is 0 Å². The van der Waals surface area contributed by atoms with Gasteiger partial charge < -0.3 is 10.1 Å². The van der Waals surface area contributed by atoms with E-state index >= 15 is 0 Å². The van der Waals surface area contributed by atoms with Gasteiger partial charge in [-0.05, 0) is 18.2 Å². The molecule has 0 aliphatic heterocycles. The van der Waals surface area contributed by atoms with Crippen molar-refractivity contribution in [1.29, 1.82) is 0 Å². The summed E-state index contributed by atoms with van der Waals surface area (Å²) in [6.45, 7) is 0.399. The first-order chi connectivity index (χ1) is 6.72. The van der Waals surface area contributed by atoms with Gasteiger partial charge in [0.2, 0.25) is 5.91 Å². The van der Waals surface area contributed by atoms with Crippen molar-refractivity contribution in [2.45, 2.75) is 6.42 Å². The Morgan fingerprint density at radius 2 is 2.36 bits per heavy atom. The van der Waals surface area contributed by atoms with Gasteiger partial charge in [-0.1, -0.05) is 22.0 Å². The molecule has 0 saturated carbocycles. The quantitative estimate of drug-likeness (QED) is 0.896. The van der Waals surface area contributed by atoms with Crippen molar-refractivity contribution in [1.82, 2.24) is 5.32 Å². The molecular formula is C10H12BrNO2. The third kappa shape index (κ3) is 3.79. The molecule has 0 fully saturated rings. The SMILES string of the molecule is CNC(=O)CCOc1cccc(Br)c1. The van der Waals surface area contributed by atoms with E-state index in [1.165, 1.54) is 0 Å². The van der Waals surface area contributed by atoms with Crippen LogP contribution in [-0.2, 0) is 4.79 Å². The average Bonchev–Trinajstić information content (AvgIpc) is 2.17. The molecule has 0 radical (unpaired) electrons. The number of halogens is 1. The van der Waals surface area contributed by atoms with E-state index in [1.54, 1.807) is 7.05 Å². The summed E-state index contributed by atoms with van der Waals surface area (Å²) < 4.78 is 6.34. The number of rotatable bonds is 4. The molecule has 3 nitrogen and oxygen atoms in total. The minimum Gasteiger partial charge on any atom is -0.493 e. The number of hydrogen-bond acceptors (Lipinski definition) is 2. The molecule has 0 atom stereocenters. The monoisotopic (exact) mass is 257 g/mol. The van der Waals surface area contributed by atoms with E-state index in [-0.39, 0.29) is 5.91 Å². The van der Waals surface area contributed by atoms with E-state index in [0.717, 1.165) is 10.2 Å². The normalized spacial score (nSPS) is 9.57. The van der Waals surface area contributed by atoms with Crippen molar-refractivity contribution in [2.75, 3.05) is 13.7 Å². The van der Waals surface area contributed by atoms with Crippen LogP contribution in [0.1, 0.15) is 6.42 Å². The maximum atomic E-state index is 10.9. The Kier molecular flexibility index (Phi) is 4.46. The fourth-order valence-electron chi connectivity index (χ4n) is 0.943. The summed E-state index contributed by atoms with van der Waals surface area (Å²) in [4.78, 5) is 10.9. The standard InChI is InChI=1S/C10H12BrNO2/c1-12-10(13)5-6-14-9-4-2-3-8(11)7-9/h2-4,7H,5-6H2,1H3,(H,12,13). The van der Waals surface area contributed by atoms with E-state index < -0.39 is 0 Å². The first kappa shape index (κ1) is 11.0. The summed E-state index contributed by atoms with van der Waals surface area (Å²) in [6.07, 6.45) is 0.378. The number of amides is 1. The summed E-state index contributed by atoms with van der Waals surface area (Å²) in [5.41, 5.74) is 0. The molecule has 0 aliphatic rings. The van der Waals surface area contributed by atoms with Crippen LogP contribution in [0.5, 0.6) is 5.75 Å². The van der Waals surface area contributed by atoms with Crippen LogP contribution in [0, 0.1) is 0 Å². The van der Waals surface area contributed by atoms with Gasteiger partial charge in [0.15, 0.2) is 0 Å². The molecule has 0 bridgehead atoms. The Hall–Kier alpha value is -1.03. The Bertz CT molecular complexity index is 315. The third-order valence-electron chi connectivity index (χ3n) is 1.67. The lowest BCUT2D eigenvalue weighted by atomic mass is 10.3. The van der Waals surface area contributed by atoms with E-state index in [9.17, 15) is 4.79 Å². The fraction of sp³-hybridized carbons (Fsp3) is 0.300. The van der Waals surface area contributed by atoms with Crippen LogP contribution in [0.25, 0.3) is 0 Å². The predicted molar refractivity (Wildman–Crippen MR) is 58.3 cm³/mol.